The monoisotopic (exact) mass is 253 g/mol. The second kappa shape index (κ2) is 5.27. The van der Waals surface area contributed by atoms with Crippen LogP contribution >= 0.6 is 23.1 Å². The van der Waals surface area contributed by atoms with Crippen molar-refractivity contribution in [2.75, 3.05) is 0 Å². The zero-order chi connectivity index (χ0) is 11.4. The van der Waals surface area contributed by atoms with Crippen molar-refractivity contribution in [2.45, 2.75) is 18.6 Å². The van der Waals surface area contributed by atoms with Crippen LogP contribution in [0.15, 0.2) is 27.7 Å². The second-order valence-corrected chi connectivity index (χ2v) is 5.34. The number of nitrogens with zero attached hydrogens (tertiary/aromatic N) is 2. The summed E-state index contributed by atoms with van der Waals surface area (Å²) < 4.78 is 0. The van der Waals surface area contributed by atoms with Crippen LogP contribution in [0.3, 0.4) is 0 Å². The van der Waals surface area contributed by atoms with Crippen LogP contribution in [0.5, 0.6) is 0 Å². The highest BCUT2D eigenvalue weighted by Gasteiger charge is 2.28. The molecule has 16 heavy (non-hydrogen) atoms. The number of hydrogen-bond acceptors (Lipinski definition) is 5. The molecule has 4 nitrogen and oxygen atoms in total. The van der Waals surface area contributed by atoms with Gasteiger partial charge in [-0.3, -0.25) is 4.79 Å². The van der Waals surface area contributed by atoms with Gasteiger partial charge in [-0.1, -0.05) is 24.8 Å². The number of hydrogen-bond donors (Lipinski definition) is 1. The Hall–Kier alpha value is -1.14. The van der Waals surface area contributed by atoms with Crippen molar-refractivity contribution in [3.05, 3.63) is 22.4 Å². The summed E-state index contributed by atoms with van der Waals surface area (Å²) in [4.78, 5) is 12.4. The fraction of sp³-hybridized carbons (Fsp3) is 0.300. The zero-order valence-electron chi connectivity index (χ0n) is 8.71. The van der Waals surface area contributed by atoms with Gasteiger partial charge in [0.25, 0.3) is 0 Å². The maximum Gasteiger partial charge on any atom is 0.239 e. The molecule has 2 heterocycles. The van der Waals surface area contributed by atoms with Gasteiger partial charge in [0.2, 0.25) is 5.91 Å². The van der Waals surface area contributed by atoms with Crippen LogP contribution in [0, 0.1) is 0 Å². The Morgan fingerprint density at radius 2 is 2.50 bits per heavy atom. The zero-order valence-corrected chi connectivity index (χ0v) is 10.3. The van der Waals surface area contributed by atoms with Crippen molar-refractivity contribution in [1.82, 2.24) is 5.32 Å². The van der Waals surface area contributed by atoms with Gasteiger partial charge in [0.15, 0.2) is 5.17 Å². The molecule has 6 heteroatoms. The molecule has 1 aliphatic rings. The van der Waals surface area contributed by atoms with Gasteiger partial charge in [-0.15, -0.1) is 16.4 Å². The van der Waals surface area contributed by atoms with Crippen molar-refractivity contribution in [1.29, 1.82) is 0 Å². The average Bonchev–Trinajstić information content (AvgIpc) is 2.88. The normalized spacial score (nSPS) is 23.2. The predicted molar refractivity (Wildman–Crippen MR) is 69.2 cm³/mol. The fourth-order valence-corrected chi connectivity index (χ4v) is 2.66. The molecule has 84 valence electrons. The molecule has 2 rings (SSSR count). The van der Waals surface area contributed by atoms with Crippen molar-refractivity contribution in [3.8, 4) is 0 Å². The van der Waals surface area contributed by atoms with Crippen molar-refractivity contribution in [3.63, 3.8) is 0 Å². The molecule has 0 radical (unpaired) electrons. The summed E-state index contributed by atoms with van der Waals surface area (Å²) in [6.07, 6.45) is 2.49. The molecule has 1 fully saturated rings. The van der Waals surface area contributed by atoms with E-state index in [0.717, 1.165) is 11.3 Å². The number of carbonyl (C=O) groups excluding carboxylic acids is 1. The van der Waals surface area contributed by atoms with Gasteiger partial charge in [-0.25, -0.2) is 0 Å². The molecule has 0 saturated carbocycles. The lowest BCUT2D eigenvalue weighted by molar-refractivity contribution is -0.118. The first kappa shape index (κ1) is 11.3. The van der Waals surface area contributed by atoms with Gasteiger partial charge in [0, 0.05) is 4.88 Å². The van der Waals surface area contributed by atoms with E-state index < -0.39 is 0 Å². The molecular formula is C10H11N3OS2. The third-order valence-electron chi connectivity index (χ3n) is 2.02. The quantitative estimate of drug-likeness (QED) is 0.662. The molecule has 1 amide bonds. The Bertz CT molecular complexity index is 425. The van der Waals surface area contributed by atoms with Crippen LogP contribution in [-0.2, 0) is 4.79 Å². The minimum absolute atomic E-state index is 0.0179. The van der Waals surface area contributed by atoms with Crippen LogP contribution in [0.4, 0.5) is 0 Å². The van der Waals surface area contributed by atoms with Crippen LogP contribution in [0.25, 0.3) is 0 Å². The van der Waals surface area contributed by atoms with Crippen LogP contribution in [-0.4, -0.2) is 22.5 Å². The lowest BCUT2D eigenvalue weighted by atomic mass is 10.3. The SMILES string of the molecule is CC[C@@H]1SC(=NN=Cc2cccs2)NC1=O. The molecule has 1 aromatic rings. The smallest absolute Gasteiger partial charge is 0.239 e. The summed E-state index contributed by atoms with van der Waals surface area (Å²) in [6, 6.07) is 3.92. The average molecular weight is 253 g/mol. The highest BCUT2D eigenvalue weighted by Crippen LogP contribution is 2.21. The number of rotatable bonds is 3. The number of amides is 1. The van der Waals surface area contributed by atoms with E-state index in [0.29, 0.717) is 5.17 Å². The molecule has 1 saturated heterocycles. The van der Waals surface area contributed by atoms with Crippen molar-refractivity contribution < 1.29 is 4.79 Å². The van der Waals surface area contributed by atoms with Crippen molar-refractivity contribution in [2.24, 2.45) is 10.2 Å². The molecule has 0 spiro atoms. The van der Waals surface area contributed by atoms with Gasteiger partial charge >= 0.3 is 0 Å². The number of thiophene rings is 1. The molecular weight excluding hydrogens is 242 g/mol. The number of thioether (sulfide) groups is 1. The summed E-state index contributed by atoms with van der Waals surface area (Å²) in [5.41, 5.74) is 0. The fourth-order valence-electron chi connectivity index (χ4n) is 1.22. The largest absolute Gasteiger partial charge is 0.303 e. The molecule has 0 unspecified atom stereocenters. The Morgan fingerprint density at radius 1 is 1.62 bits per heavy atom. The molecule has 1 N–H and O–H groups in total. The molecule has 0 aliphatic carbocycles. The van der Waals surface area contributed by atoms with Crippen LogP contribution < -0.4 is 5.32 Å². The van der Waals surface area contributed by atoms with E-state index >= 15 is 0 Å². The standard InChI is InChI=1S/C10H11N3OS2/c1-2-8-9(14)12-10(16-8)13-11-6-7-4-3-5-15-7/h3-6,8H,2H2,1H3,(H,12,13,14)/t8-/m0/s1. The van der Waals surface area contributed by atoms with Gasteiger partial charge < -0.3 is 5.32 Å². The van der Waals surface area contributed by atoms with E-state index in [-0.39, 0.29) is 11.2 Å². The lowest BCUT2D eigenvalue weighted by Crippen LogP contribution is -2.24. The van der Waals surface area contributed by atoms with Crippen LogP contribution in [0.2, 0.25) is 0 Å². The first-order valence-corrected chi connectivity index (χ1v) is 6.67. The van der Waals surface area contributed by atoms with Gasteiger partial charge in [0.1, 0.15) is 0 Å². The van der Waals surface area contributed by atoms with Crippen LogP contribution in [0.1, 0.15) is 18.2 Å². The number of carbonyl (C=O) groups is 1. The van der Waals surface area contributed by atoms with Gasteiger partial charge in [0.05, 0.1) is 11.5 Å². The van der Waals surface area contributed by atoms with E-state index in [1.807, 2.05) is 24.4 Å². The van der Waals surface area contributed by atoms with Gasteiger partial charge in [-0.2, -0.15) is 5.10 Å². The molecule has 0 bridgehead atoms. The second-order valence-electron chi connectivity index (χ2n) is 3.17. The summed E-state index contributed by atoms with van der Waals surface area (Å²) in [5.74, 6) is 0.0255. The highest BCUT2D eigenvalue weighted by molar-refractivity contribution is 8.15. The Morgan fingerprint density at radius 3 is 3.12 bits per heavy atom. The molecule has 1 aliphatic heterocycles. The lowest BCUT2D eigenvalue weighted by Gasteiger charge is -1.95. The predicted octanol–water partition coefficient (Wildman–Crippen LogP) is 2.08. The van der Waals surface area contributed by atoms with E-state index in [2.05, 4.69) is 15.5 Å². The Kier molecular flexibility index (Phi) is 3.74. The molecule has 0 aromatic carbocycles. The molecule has 1 atom stereocenters. The minimum Gasteiger partial charge on any atom is -0.303 e. The third kappa shape index (κ3) is 2.70. The number of nitrogens with one attached hydrogen (secondary N) is 1. The summed E-state index contributed by atoms with van der Waals surface area (Å²) in [7, 11) is 0. The van der Waals surface area contributed by atoms with E-state index in [4.69, 9.17) is 0 Å². The maximum absolute atomic E-state index is 11.3. The molecule has 1 aromatic heterocycles. The summed E-state index contributed by atoms with van der Waals surface area (Å²) >= 11 is 3.03. The summed E-state index contributed by atoms with van der Waals surface area (Å²) in [5, 5.41) is 13.2. The van der Waals surface area contributed by atoms with E-state index in [9.17, 15) is 4.79 Å². The van der Waals surface area contributed by atoms with Crippen molar-refractivity contribution >= 4 is 40.4 Å². The van der Waals surface area contributed by atoms with Gasteiger partial charge in [-0.05, 0) is 17.9 Å². The Labute approximate surface area is 102 Å². The van der Waals surface area contributed by atoms with E-state index in [1.165, 1.54) is 11.8 Å². The number of amidine groups is 1. The topological polar surface area (TPSA) is 53.8 Å². The Balaban J connectivity index is 1.97. The first-order chi connectivity index (χ1) is 7.79. The first-order valence-electron chi connectivity index (χ1n) is 4.91. The summed E-state index contributed by atoms with van der Waals surface area (Å²) in [6.45, 7) is 1.98. The van der Waals surface area contributed by atoms with E-state index in [1.54, 1.807) is 17.6 Å². The third-order valence-corrected chi connectivity index (χ3v) is 4.07. The minimum atomic E-state index is -0.0179. The maximum atomic E-state index is 11.3. The highest BCUT2D eigenvalue weighted by atomic mass is 32.2.